The van der Waals surface area contributed by atoms with Gasteiger partial charge in [0.05, 0.1) is 5.92 Å². The van der Waals surface area contributed by atoms with Gasteiger partial charge in [-0.15, -0.1) is 0 Å². The molecule has 18 heavy (non-hydrogen) atoms. The molecule has 2 fully saturated rings. The zero-order valence-corrected chi connectivity index (χ0v) is 10.2. The third-order valence-electron chi connectivity index (χ3n) is 4.47. The van der Waals surface area contributed by atoms with Crippen LogP contribution in [-0.4, -0.2) is 22.1 Å². The van der Waals surface area contributed by atoms with Crippen molar-refractivity contribution in [1.29, 1.82) is 0 Å². The van der Waals surface area contributed by atoms with Crippen molar-refractivity contribution in [3.63, 3.8) is 0 Å². The standard InChI is InChI=1S/C14H18N2O2/c17-14(18)12-10-3-4-11(6-10)13(12)16-8-9-2-1-5-15-7-9/h1-2,5,7,10-13,16H,3-4,6,8H2,(H,17,18). The van der Waals surface area contributed by atoms with Crippen molar-refractivity contribution in [1.82, 2.24) is 10.3 Å². The Bertz CT molecular complexity index is 435. The lowest BCUT2D eigenvalue weighted by Crippen LogP contribution is -2.43. The number of carbonyl (C=O) groups is 1. The molecule has 0 saturated heterocycles. The predicted molar refractivity (Wildman–Crippen MR) is 66.8 cm³/mol. The number of hydrogen-bond donors (Lipinski definition) is 2. The number of aromatic nitrogens is 1. The lowest BCUT2D eigenvalue weighted by atomic mass is 9.84. The Morgan fingerprint density at radius 2 is 2.28 bits per heavy atom. The summed E-state index contributed by atoms with van der Waals surface area (Å²) in [6.07, 6.45) is 6.94. The minimum absolute atomic E-state index is 0.140. The number of pyridine rings is 1. The molecule has 1 aromatic rings. The highest BCUT2D eigenvalue weighted by molar-refractivity contribution is 5.72. The molecule has 2 aliphatic rings. The summed E-state index contributed by atoms with van der Waals surface area (Å²) in [6.45, 7) is 0.714. The summed E-state index contributed by atoms with van der Waals surface area (Å²) in [5, 5.41) is 12.8. The molecule has 4 heteroatoms. The first kappa shape index (κ1) is 11.7. The molecule has 4 unspecified atom stereocenters. The van der Waals surface area contributed by atoms with Crippen LogP contribution in [0.5, 0.6) is 0 Å². The number of fused-ring (bicyclic) bond motifs is 2. The van der Waals surface area contributed by atoms with Crippen molar-refractivity contribution >= 4 is 5.97 Å². The number of aliphatic carboxylic acids is 1. The van der Waals surface area contributed by atoms with E-state index in [0.717, 1.165) is 18.4 Å². The average Bonchev–Trinajstić information content (AvgIpc) is 2.97. The number of nitrogens with one attached hydrogen (secondary N) is 1. The maximum atomic E-state index is 11.4. The van der Waals surface area contributed by atoms with Crippen LogP contribution in [0.2, 0.25) is 0 Å². The second kappa shape index (κ2) is 4.69. The van der Waals surface area contributed by atoms with Crippen LogP contribution in [-0.2, 0) is 11.3 Å². The van der Waals surface area contributed by atoms with Crippen LogP contribution in [0.25, 0.3) is 0 Å². The normalized spacial score (nSPS) is 33.8. The van der Waals surface area contributed by atoms with Crippen LogP contribution in [0, 0.1) is 17.8 Å². The van der Waals surface area contributed by atoms with E-state index in [2.05, 4.69) is 10.3 Å². The molecule has 2 saturated carbocycles. The first-order chi connectivity index (χ1) is 8.75. The van der Waals surface area contributed by atoms with E-state index in [-0.39, 0.29) is 12.0 Å². The first-order valence-corrected chi connectivity index (χ1v) is 6.61. The largest absolute Gasteiger partial charge is 0.481 e. The molecule has 2 N–H and O–H groups in total. The van der Waals surface area contributed by atoms with Crippen LogP contribution < -0.4 is 5.32 Å². The second-order valence-electron chi connectivity index (χ2n) is 5.47. The Hall–Kier alpha value is -1.42. The van der Waals surface area contributed by atoms with Crippen LogP contribution in [0.4, 0.5) is 0 Å². The van der Waals surface area contributed by atoms with Crippen LogP contribution >= 0.6 is 0 Å². The van der Waals surface area contributed by atoms with Gasteiger partial charge in [-0.2, -0.15) is 0 Å². The van der Waals surface area contributed by atoms with E-state index in [9.17, 15) is 9.90 Å². The Balaban J connectivity index is 1.66. The molecule has 1 heterocycles. The minimum Gasteiger partial charge on any atom is -0.481 e. The molecular weight excluding hydrogens is 228 g/mol. The molecular formula is C14H18N2O2. The molecule has 0 aliphatic heterocycles. The monoisotopic (exact) mass is 246 g/mol. The van der Waals surface area contributed by atoms with Crippen LogP contribution in [0.15, 0.2) is 24.5 Å². The lowest BCUT2D eigenvalue weighted by Gasteiger charge is -2.29. The van der Waals surface area contributed by atoms with Crippen molar-refractivity contribution in [2.45, 2.75) is 31.8 Å². The Morgan fingerprint density at radius 3 is 3.00 bits per heavy atom. The quantitative estimate of drug-likeness (QED) is 0.848. The van der Waals surface area contributed by atoms with Gasteiger partial charge in [0, 0.05) is 25.0 Å². The molecule has 4 nitrogen and oxygen atoms in total. The van der Waals surface area contributed by atoms with E-state index in [1.807, 2.05) is 18.3 Å². The number of hydrogen-bond acceptors (Lipinski definition) is 3. The van der Waals surface area contributed by atoms with Gasteiger partial charge in [-0.3, -0.25) is 9.78 Å². The zero-order chi connectivity index (χ0) is 12.5. The van der Waals surface area contributed by atoms with Crippen molar-refractivity contribution < 1.29 is 9.90 Å². The fourth-order valence-corrected chi connectivity index (χ4v) is 3.68. The number of rotatable bonds is 4. The van der Waals surface area contributed by atoms with E-state index in [1.165, 1.54) is 6.42 Å². The summed E-state index contributed by atoms with van der Waals surface area (Å²) in [7, 11) is 0. The van der Waals surface area contributed by atoms with Crippen molar-refractivity contribution in [2.24, 2.45) is 17.8 Å². The highest BCUT2D eigenvalue weighted by Crippen LogP contribution is 2.48. The van der Waals surface area contributed by atoms with Gasteiger partial charge in [0.1, 0.15) is 0 Å². The van der Waals surface area contributed by atoms with Crippen molar-refractivity contribution in [3.8, 4) is 0 Å². The van der Waals surface area contributed by atoms with Gasteiger partial charge < -0.3 is 10.4 Å². The van der Waals surface area contributed by atoms with E-state index < -0.39 is 5.97 Å². The lowest BCUT2D eigenvalue weighted by molar-refractivity contribution is -0.144. The molecule has 0 spiro atoms. The minimum atomic E-state index is -0.633. The molecule has 0 aromatic carbocycles. The third-order valence-corrected chi connectivity index (χ3v) is 4.47. The maximum Gasteiger partial charge on any atom is 0.308 e. The zero-order valence-electron chi connectivity index (χ0n) is 10.2. The smallest absolute Gasteiger partial charge is 0.308 e. The molecule has 2 bridgehead atoms. The van der Waals surface area contributed by atoms with Gasteiger partial charge in [-0.05, 0) is 42.7 Å². The third kappa shape index (κ3) is 2.01. The molecule has 0 radical (unpaired) electrons. The molecule has 2 aliphatic carbocycles. The van der Waals surface area contributed by atoms with Gasteiger partial charge in [0.15, 0.2) is 0 Å². The fourth-order valence-electron chi connectivity index (χ4n) is 3.68. The number of nitrogens with zero attached hydrogens (tertiary/aromatic N) is 1. The molecule has 1 aromatic heterocycles. The summed E-state index contributed by atoms with van der Waals surface area (Å²) in [5.41, 5.74) is 1.12. The Kier molecular flexibility index (Phi) is 3.04. The Morgan fingerprint density at radius 1 is 1.44 bits per heavy atom. The Labute approximate surface area is 106 Å². The molecule has 4 atom stereocenters. The predicted octanol–water partition coefficient (Wildman–Crippen LogP) is 1.67. The van der Waals surface area contributed by atoms with Gasteiger partial charge in [0.25, 0.3) is 0 Å². The van der Waals surface area contributed by atoms with E-state index in [0.29, 0.717) is 18.4 Å². The summed E-state index contributed by atoms with van der Waals surface area (Å²) >= 11 is 0. The van der Waals surface area contributed by atoms with Crippen LogP contribution in [0.1, 0.15) is 24.8 Å². The van der Waals surface area contributed by atoms with E-state index in [4.69, 9.17) is 0 Å². The highest BCUT2D eigenvalue weighted by Gasteiger charge is 2.50. The van der Waals surface area contributed by atoms with E-state index in [1.54, 1.807) is 6.20 Å². The SMILES string of the molecule is O=C(O)C1C2CCC(C2)C1NCc1cccnc1. The van der Waals surface area contributed by atoms with Crippen molar-refractivity contribution in [2.75, 3.05) is 0 Å². The van der Waals surface area contributed by atoms with Gasteiger partial charge >= 0.3 is 5.97 Å². The molecule has 0 amide bonds. The molecule has 96 valence electrons. The number of carboxylic acid groups (broad SMARTS) is 1. The van der Waals surface area contributed by atoms with Crippen molar-refractivity contribution in [3.05, 3.63) is 30.1 Å². The highest BCUT2D eigenvalue weighted by atomic mass is 16.4. The number of carboxylic acids is 1. The maximum absolute atomic E-state index is 11.4. The van der Waals surface area contributed by atoms with Gasteiger partial charge in [-0.1, -0.05) is 6.07 Å². The summed E-state index contributed by atoms with van der Waals surface area (Å²) in [5.74, 6) is 0.109. The first-order valence-electron chi connectivity index (χ1n) is 6.61. The fraction of sp³-hybridized carbons (Fsp3) is 0.571. The summed E-state index contributed by atoms with van der Waals surface area (Å²) in [4.78, 5) is 15.4. The van der Waals surface area contributed by atoms with E-state index >= 15 is 0 Å². The molecule has 3 rings (SSSR count). The average molecular weight is 246 g/mol. The van der Waals surface area contributed by atoms with Gasteiger partial charge in [0.2, 0.25) is 0 Å². The summed E-state index contributed by atoms with van der Waals surface area (Å²) in [6, 6.07) is 4.07. The second-order valence-corrected chi connectivity index (χ2v) is 5.47. The van der Waals surface area contributed by atoms with Crippen LogP contribution in [0.3, 0.4) is 0 Å². The topological polar surface area (TPSA) is 62.2 Å². The summed E-state index contributed by atoms with van der Waals surface area (Å²) < 4.78 is 0. The van der Waals surface area contributed by atoms with Gasteiger partial charge in [-0.25, -0.2) is 0 Å².